The first-order chi connectivity index (χ1) is 15.8. The lowest BCUT2D eigenvalue weighted by Crippen LogP contribution is -2.44. The number of aromatic amines is 1. The van der Waals surface area contributed by atoms with E-state index in [1.807, 2.05) is 6.92 Å². The van der Waals surface area contributed by atoms with Crippen LogP contribution >= 0.6 is 11.6 Å². The zero-order valence-corrected chi connectivity index (χ0v) is 19.4. The van der Waals surface area contributed by atoms with Crippen molar-refractivity contribution in [1.29, 1.82) is 0 Å². The van der Waals surface area contributed by atoms with Gasteiger partial charge in [0.25, 0.3) is 11.5 Å². The van der Waals surface area contributed by atoms with Gasteiger partial charge in [-0.2, -0.15) is 0 Å². The van der Waals surface area contributed by atoms with E-state index < -0.39 is 5.54 Å². The van der Waals surface area contributed by atoms with Crippen LogP contribution in [-0.2, 0) is 16.1 Å². The van der Waals surface area contributed by atoms with Crippen molar-refractivity contribution in [3.05, 3.63) is 39.4 Å². The fraction of sp³-hybridized carbons (Fsp3) is 0.522. The van der Waals surface area contributed by atoms with Crippen molar-refractivity contribution in [3.8, 4) is 0 Å². The second-order valence-corrected chi connectivity index (χ2v) is 9.21. The molecule has 0 radical (unpaired) electrons. The predicted molar refractivity (Wildman–Crippen MR) is 124 cm³/mol. The number of hydrogen-bond acceptors (Lipinski definition) is 5. The van der Waals surface area contributed by atoms with Crippen molar-refractivity contribution in [2.45, 2.75) is 64.0 Å². The molecule has 2 aliphatic rings. The quantitative estimate of drug-likeness (QED) is 0.572. The van der Waals surface area contributed by atoms with E-state index in [0.29, 0.717) is 47.6 Å². The van der Waals surface area contributed by atoms with Crippen molar-refractivity contribution in [2.24, 2.45) is 0 Å². The molecule has 4 amide bonds. The van der Waals surface area contributed by atoms with Crippen LogP contribution in [0.15, 0.2) is 23.0 Å². The van der Waals surface area contributed by atoms with E-state index in [1.165, 1.54) is 4.90 Å². The molecule has 0 bridgehead atoms. The molecule has 2 fully saturated rings. The molecule has 2 N–H and O–H groups in total. The molecule has 9 nitrogen and oxygen atoms in total. The first-order valence-electron chi connectivity index (χ1n) is 11.4. The third kappa shape index (κ3) is 4.73. The first-order valence-corrected chi connectivity index (χ1v) is 11.8. The van der Waals surface area contributed by atoms with Crippen molar-refractivity contribution in [1.82, 2.24) is 25.1 Å². The first kappa shape index (κ1) is 23.2. The molecule has 1 aliphatic carbocycles. The summed E-state index contributed by atoms with van der Waals surface area (Å²) in [4.78, 5) is 60.5. The Kier molecular flexibility index (Phi) is 6.69. The number of halogens is 1. The zero-order chi connectivity index (χ0) is 23.6. The van der Waals surface area contributed by atoms with Gasteiger partial charge in [-0.3, -0.25) is 19.3 Å². The van der Waals surface area contributed by atoms with Gasteiger partial charge in [0.1, 0.15) is 11.4 Å². The molecule has 176 valence electrons. The third-order valence-corrected chi connectivity index (χ3v) is 6.61. The molecule has 2 aromatic rings. The number of fused-ring (bicyclic) bond motifs is 1. The number of nitrogens with zero attached hydrogens (tertiary/aromatic N) is 3. The van der Waals surface area contributed by atoms with E-state index in [1.54, 1.807) is 23.1 Å². The highest BCUT2D eigenvalue weighted by molar-refractivity contribution is 6.31. The highest BCUT2D eigenvalue weighted by atomic mass is 35.5. The van der Waals surface area contributed by atoms with Gasteiger partial charge in [-0.15, -0.1) is 0 Å². The van der Waals surface area contributed by atoms with Crippen LogP contribution in [0.5, 0.6) is 0 Å². The zero-order valence-electron chi connectivity index (χ0n) is 18.7. The van der Waals surface area contributed by atoms with Gasteiger partial charge in [-0.05, 0) is 43.9 Å². The van der Waals surface area contributed by atoms with Crippen LogP contribution in [-0.4, -0.2) is 56.2 Å². The predicted octanol–water partition coefficient (Wildman–Crippen LogP) is 2.96. The maximum atomic E-state index is 12.9. The van der Waals surface area contributed by atoms with E-state index in [2.05, 4.69) is 15.3 Å². The number of imide groups is 1. The maximum absolute atomic E-state index is 12.9. The molecule has 1 saturated heterocycles. The molecule has 1 aromatic carbocycles. The van der Waals surface area contributed by atoms with Gasteiger partial charge in [0, 0.05) is 24.5 Å². The second kappa shape index (κ2) is 9.51. The number of carbonyl (C=O) groups excluding carboxylic acids is 3. The summed E-state index contributed by atoms with van der Waals surface area (Å²) in [5.74, 6) is 0.0987. The van der Waals surface area contributed by atoms with Crippen LogP contribution in [0, 0.1) is 0 Å². The molecule has 1 aromatic heterocycles. The smallest absolute Gasteiger partial charge is 0.325 e. The Morgan fingerprint density at radius 3 is 2.73 bits per heavy atom. The lowest BCUT2D eigenvalue weighted by molar-refractivity contribution is -0.134. The summed E-state index contributed by atoms with van der Waals surface area (Å²) in [5, 5.41) is 3.77. The molecular weight excluding hydrogens is 446 g/mol. The van der Waals surface area contributed by atoms with Crippen LogP contribution in [0.1, 0.15) is 57.7 Å². The Morgan fingerprint density at radius 1 is 1.24 bits per heavy atom. The van der Waals surface area contributed by atoms with E-state index in [-0.39, 0.29) is 42.9 Å². The molecule has 2 heterocycles. The minimum Gasteiger partial charge on any atom is -0.335 e. The summed E-state index contributed by atoms with van der Waals surface area (Å²) in [6.45, 7) is 2.84. The van der Waals surface area contributed by atoms with Gasteiger partial charge in [0.15, 0.2) is 0 Å². The summed E-state index contributed by atoms with van der Waals surface area (Å²) in [6, 6.07) is 4.51. The Balaban J connectivity index is 1.39. The Bertz CT molecular complexity index is 1140. The monoisotopic (exact) mass is 473 g/mol. The number of hydrogen-bond donors (Lipinski definition) is 2. The van der Waals surface area contributed by atoms with Crippen LogP contribution in [0.25, 0.3) is 10.9 Å². The number of amides is 4. The van der Waals surface area contributed by atoms with Gasteiger partial charge in [-0.1, -0.05) is 31.4 Å². The minimum atomic E-state index is -0.730. The second-order valence-electron chi connectivity index (χ2n) is 8.77. The molecule has 33 heavy (non-hydrogen) atoms. The van der Waals surface area contributed by atoms with E-state index in [4.69, 9.17) is 11.6 Å². The van der Waals surface area contributed by atoms with Gasteiger partial charge in [0.2, 0.25) is 5.91 Å². The lowest BCUT2D eigenvalue weighted by atomic mass is 9.98. The molecule has 1 aliphatic heterocycles. The van der Waals surface area contributed by atoms with Crippen molar-refractivity contribution in [3.63, 3.8) is 0 Å². The maximum Gasteiger partial charge on any atom is 0.325 e. The SMILES string of the molecule is CCCN(Cc1nc2cc(Cl)ccc2c(=O)[nH]1)C(=O)CCCN1C(=O)NC2(CCCC2)C1=O. The summed E-state index contributed by atoms with van der Waals surface area (Å²) >= 11 is 6.03. The van der Waals surface area contributed by atoms with Gasteiger partial charge < -0.3 is 15.2 Å². The van der Waals surface area contributed by atoms with Crippen molar-refractivity contribution >= 4 is 40.3 Å². The summed E-state index contributed by atoms with van der Waals surface area (Å²) in [5.41, 5.74) is -0.536. The van der Waals surface area contributed by atoms with E-state index in [0.717, 1.165) is 19.3 Å². The standard InChI is InChI=1S/C23H28ClN5O4/c1-2-11-28(14-18-25-17-13-15(24)7-8-16(17)20(31)26-18)19(30)6-5-12-29-21(32)23(27-22(29)33)9-3-4-10-23/h7-8,13H,2-6,9-12,14H2,1H3,(H,27,33)(H,25,26,31). The number of benzene rings is 1. The number of nitrogens with one attached hydrogen (secondary N) is 2. The highest BCUT2D eigenvalue weighted by Gasteiger charge is 2.52. The van der Waals surface area contributed by atoms with Crippen molar-refractivity contribution in [2.75, 3.05) is 13.1 Å². The van der Waals surface area contributed by atoms with Gasteiger partial charge in [-0.25, -0.2) is 9.78 Å². The third-order valence-electron chi connectivity index (χ3n) is 6.38. The Hall–Kier alpha value is -2.94. The van der Waals surface area contributed by atoms with Crippen molar-refractivity contribution < 1.29 is 14.4 Å². The molecule has 0 unspecified atom stereocenters. The largest absolute Gasteiger partial charge is 0.335 e. The number of carbonyl (C=O) groups is 3. The average Bonchev–Trinajstić information content (AvgIpc) is 3.33. The van der Waals surface area contributed by atoms with Crippen LogP contribution in [0.4, 0.5) is 4.79 Å². The van der Waals surface area contributed by atoms with E-state index in [9.17, 15) is 19.2 Å². The summed E-state index contributed by atoms with van der Waals surface area (Å²) < 4.78 is 0. The number of H-pyrrole nitrogens is 1. The topological polar surface area (TPSA) is 115 Å². The van der Waals surface area contributed by atoms with Crippen LogP contribution < -0.4 is 10.9 Å². The van der Waals surface area contributed by atoms with Crippen LogP contribution in [0.2, 0.25) is 5.02 Å². The normalized spacial score (nSPS) is 17.2. The Morgan fingerprint density at radius 2 is 2.00 bits per heavy atom. The highest BCUT2D eigenvalue weighted by Crippen LogP contribution is 2.35. The summed E-state index contributed by atoms with van der Waals surface area (Å²) in [6.07, 6.45) is 4.53. The molecule has 10 heteroatoms. The molecule has 1 saturated carbocycles. The minimum absolute atomic E-state index is 0.117. The molecule has 1 spiro atoms. The molecule has 4 rings (SSSR count). The number of rotatable bonds is 8. The number of aromatic nitrogens is 2. The summed E-state index contributed by atoms with van der Waals surface area (Å²) in [7, 11) is 0. The Labute approximate surface area is 196 Å². The van der Waals surface area contributed by atoms with Gasteiger partial charge >= 0.3 is 6.03 Å². The van der Waals surface area contributed by atoms with Gasteiger partial charge in [0.05, 0.1) is 17.4 Å². The number of urea groups is 1. The van der Waals surface area contributed by atoms with E-state index >= 15 is 0 Å². The molecular formula is C23H28ClN5O4. The average molecular weight is 474 g/mol. The fourth-order valence-corrected chi connectivity index (χ4v) is 4.89. The lowest BCUT2D eigenvalue weighted by Gasteiger charge is -2.22. The van der Waals surface area contributed by atoms with Crippen LogP contribution in [0.3, 0.4) is 0 Å². The fourth-order valence-electron chi connectivity index (χ4n) is 4.72. The molecule has 0 atom stereocenters.